The lowest BCUT2D eigenvalue weighted by Crippen LogP contribution is -2.15. The second-order valence-corrected chi connectivity index (χ2v) is 5.24. The third-order valence-electron chi connectivity index (χ3n) is 3.43. The summed E-state index contributed by atoms with van der Waals surface area (Å²) in [5.41, 5.74) is 9.77. The third-order valence-corrected chi connectivity index (χ3v) is 3.67. The molecule has 2 rings (SSSR count). The standard InChI is InChI=1S/C14H19ClN2/c1-9(16)4-6-12-10(2)17(3)14-7-5-11(15)8-13(12)14/h5,7-9H,4,6,16H2,1-3H3. The monoisotopic (exact) mass is 250 g/mol. The summed E-state index contributed by atoms with van der Waals surface area (Å²) < 4.78 is 2.22. The minimum Gasteiger partial charge on any atom is -0.348 e. The highest BCUT2D eigenvalue weighted by Crippen LogP contribution is 2.28. The maximum Gasteiger partial charge on any atom is 0.0483 e. The molecule has 1 unspecified atom stereocenters. The lowest BCUT2D eigenvalue weighted by atomic mass is 10.0. The zero-order valence-electron chi connectivity index (χ0n) is 10.6. The van der Waals surface area contributed by atoms with Crippen LogP contribution in [-0.4, -0.2) is 10.6 Å². The van der Waals surface area contributed by atoms with Crippen molar-refractivity contribution in [2.75, 3.05) is 0 Å². The summed E-state index contributed by atoms with van der Waals surface area (Å²) in [6.45, 7) is 4.21. The number of aromatic nitrogens is 1. The van der Waals surface area contributed by atoms with Crippen LogP contribution in [0, 0.1) is 6.92 Å². The molecule has 0 aliphatic carbocycles. The van der Waals surface area contributed by atoms with E-state index in [1.165, 1.54) is 22.2 Å². The molecule has 1 aromatic carbocycles. The van der Waals surface area contributed by atoms with Crippen LogP contribution >= 0.6 is 11.6 Å². The molecule has 2 aromatic rings. The van der Waals surface area contributed by atoms with Gasteiger partial charge in [0, 0.05) is 34.7 Å². The smallest absolute Gasteiger partial charge is 0.0483 e. The van der Waals surface area contributed by atoms with Crippen molar-refractivity contribution in [3.05, 3.63) is 34.5 Å². The fourth-order valence-electron chi connectivity index (χ4n) is 2.31. The minimum absolute atomic E-state index is 0.240. The van der Waals surface area contributed by atoms with E-state index in [9.17, 15) is 0 Å². The Hall–Kier alpha value is -0.990. The molecule has 1 aromatic heterocycles. The number of nitrogens with zero attached hydrogens (tertiary/aromatic N) is 1. The number of hydrogen-bond donors (Lipinski definition) is 1. The Morgan fingerprint density at radius 1 is 1.41 bits per heavy atom. The van der Waals surface area contributed by atoms with Crippen molar-refractivity contribution in [2.24, 2.45) is 12.8 Å². The molecule has 0 saturated heterocycles. The van der Waals surface area contributed by atoms with Crippen molar-refractivity contribution in [2.45, 2.75) is 32.7 Å². The lowest BCUT2D eigenvalue weighted by molar-refractivity contribution is 0.664. The molecule has 0 aliphatic rings. The van der Waals surface area contributed by atoms with E-state index < -0.39 is 0 Å². The highest BCUT2D eigenvalue weighted by molar-refractivity contribution is 6.31. The molecule has 0 fully saturated rings. The molecular formula is C14H19ClN2. The number of fused-ring (bicyclic) bond motifs is 1. The first-order valence-electron chi connectivity index (χ1n) is 5.99. The Kier molecular flexibility index (Phi) is 3.45. The zero-order chi connectivity index (χ0) is 12.6. The lowest BCUT2D eigenvalue weighted by Gasteiger charge is -2.05. The molecule has 0 bridgehead atoms. The Labute approximate surface area is 107 Å². The van der Waals surface area contributed by atoms with Crippen molar-refractivity contribution in [1.29, 1.82) is 0 Å². The first kappa shape index (κ1) is 12.5. The third kappa shape index (κ3) is 2.33. The van der Waals surface area contributed by atoms with Crippen LogP contribution in [0.5, 0.6) is 0 Å². The van der Waals surface area contributed by atoms with Gasteiger partial charge in [-0.2, -0.15) is 0 Å². The molecule has 0 spiro atoms. The van der Waals surface area contributed by atoms with Crippen LogP contribution in [0.2, 0.25) is 5.02 Å². The van der Waals surface area contributed by atoms with Gasteiger partial charge in [-0.15, -0.1) is 0 Å². The molecule has 3 heteroatoms. The summed E-state index contributed by atoms with van der Waals surface area (Å²) >= 11 is 6.08. The summed E-state index contributed by atoms with van der Waals surface area (Å²) in [6, 6.07) is 6.32. The second-order valence-electron chi connectivity index (χ2n) is 4.80. The molecule has 0 radical (unpaired) electrons. The number of hydrogen-bond acceptors (Lipinski definition) is 1. The van der Waals surface area contributed by atoms with Crippen molar-refractivity contribution in [3.63, 3.8) is 0 Å². The topological polar surface area (TPSA) is 30.9 Å². The van der Waals surface area contributed by atoms with Gasteiger partial charge in [0.05, 0.1) is 0 Å². The van der Waals surface area contributed by atoms with Gasteiger partial charge in [0.1, 0.15) is 0 Å². The van der Waals surface area contributed by atoms with Gasteiger partial charge in [0.2, 0.25) is 0 Å². The predicted molar refractivity (Wildman–Crippen MR) is 74.6 cm³/mol. The van der Waals surface area contributed by atoms with Gasteiger partial charge in [-0.05, 0) is 50.5 Å². The van der Waals surface area contributed by atoms with Gasteiger partial charge in [-0.1, -0.05) is 11.6 Å². The van der Waals surface area contributed by atoms with Crippen LogP contribution < -0.4 is 5.73 Å². The molecule has 0 saturated carbocycles. The summed E-state index contributed by atoms with van der Waals surface area (Å²) in [6.07, 6.45) is 2.02. The van der Waals surface area contributed by atoms with E-state index in [1.54, 1.807) is 0 Å². The molecule has 2 N–H and O–H groups in total. The van der Waals surface area contributed by atoms with Crippen molar-refractivity contribution >= 4 is 22.5 Å². The van der Waals surface area contributed by atoms with E-state index in [4.69, 9.17) is 17.3 Å². The van der Waals surface area contributed by atoms with Crippen LogP contribution in [0.25, 0.3) is 10.9 Å². The molecule has 92 valence electrons. The fourth-order valence-corrected chi connectivity index (χ4v) is 2.48. The van der Waals surface area contributed by atoms with E-state index in [1.807, 2.05) is 13.0 Å². The van der Waals surface area contributed by atoms with Crippen molar-refractivity contribution in [3.8, 4) is 0 Å². The van der Waals surface area contributed by atoms with Crippen LogP contribution in [-0.2, 0) is 13.5 Å². The average Bonchev–Trinajstić information content (AvgIpc) is 2.49. The molecule has 0 aliphatic heterocycles. The maximum absolute atomic E-state index is 6.08. The van der Waals surface area contributed by atoms with E-state index in [0.717, 1.165) is 17.9 Å². The second kappa shape index (κ2) is 4.71. The Balaban J connectivity index is 2.52. The van der Waals surface area contributed by atoms with E-state index in [0.29, 0.717) is 0 Å². The number of benzene rings is 1. The van der Waals surface area contributed by atoms with Gasteiger partial charge in [0.25, 0.3) is 0 Å². The fraction of sp³-hybridized carbons (Fsp3) is 0.429. The largest absolute Gasteiger partial charge is 0.348 e. The van der Waals surface area contributed by atoms with Crippen LogP contribution in [0.15, 0.2) is 18.2 Å². The van der Waals surface area contributed by atoms with E-state index >= 15 is 0 Å². The maximum atomic E-state index is 6.08. The molecule has 17 heavy (non-hydrogen) atoms. The minimum atomic E-state index is 0.240. The highest BCUT2D eigenvalue weighted by Gasteiger charge is 2.12. The molecule has 2 nitrogen and oxygen atoms in total. The first-order valence-corrected chi connectivity index (χ1v) is 6.37. The van der Waals surface area contributed by atoms with E-state index in [2.05, 4.69) is 30.7 Å². The number of nitrogens with two attached hydrogens (primary N) is 1. The van der Waals surface area contributed by atoms with Crippen LogP contribution in [0.3, 0.4) is 0 Å². The molecule has 1 atom stereocenters. The van der Waals surface area contributed by atoms with Gasteiger partial charge in [0.15, 0.2) is 0 Å². The first-order chi connectivity index (χ1) is 8.00. The van der Waals surface area contributed by atoms with Crippen molar-refractivity contribution in [1.82, 2.24) is 4.57 Å². The van der Waals surface area contributed by atoms with Gasteiger partial charge in [-0.25, -0.2) is 0 Å². The normalized spacial score (nSPS) is 13.2. The van der Waals surface area contributed by atoms with Crippen LogP contribution in [0.4, 0.5) is 0 Å². The molecule has 1 heterocycles. The van der Waals surface area contributed by atoms with E-state index in [-0.39, 0.29) is 6.04 Å². The van der Waals surface area contributed by atoms with Gasteiger partial charge in [-0.3, -0.25) is 0 Å². The summed E-state index contributed by atoms with van der Waals surface area (Å²) in [7, 11) is 2.10. The molecular weight excluding hydrogens is 232 g/mol. The van der Waals surface area contributed by atoms with Crippen molar-refractivity contribution < 1.29 is 0 Å². The number of rotatable bonds is 3. The van der Waals surface area contributed by atoms with Gasteiger partial charge < -0.3 is 10.3 Å². The number of halogens is 1. The summed E-state index contributed by atoms with van der Waals surface area (Å²) in [5.74, 6) is 0. The quantitative estimate of drug-likeness (QED) is 0.889. The Morgan fingerprint density at radius 3 is 2.76 bits per heavy atom. The SMILES string of the molecule is Cc1c(CCC(C)N)c2cc(Cl)ccc2n1C. The highest BCUT2D eigenvalue weighted by atomic mass is 35.5. The summed E-state index contributed by atoms with van der Waals surface area (Å²) in [5, 5.41) is 2.06. The van der Waals surface area contributed by atoms with Crippen LogP contribution in [0.1, 0.15) is 24.6 Å². The Bertz CT molecular complexity index is 541. The zero-order valence-corrected chi connectivity index (χ0v) is 11.4. The molecule has 0 amide bonds. The summed E-state index contributed by atoms with van der Waals surface area (Å²) in [4.78, 5) is 0. The van der Waals surface area contributed by atoms with Gasteiger partial charge >= 0.3 is 0 Å². The average molecular weight is 251 g/mol. The Morgan fingerprint density at radius 2 is 2.12 bits per heavy atom. The number of aryl methyl sites for hydroxylation is 2. The predicted octanol–water partition coefficient (Wildman–Crippen LogP) is 3.42.